The van der Waals surface area contributed by atoms with Crippen LogP contribution >= 0.6 is 11.6 Å². The summed E-state index contributed by atoms with van der Waals surface area (Å²) in [7, 11) is 2.19. The Morgan fingerprint density at radius 2 is 1.86 bits per heavy atom. The molecule has 0 bridgehead atoms. The molecular formula is C20H18ClN. The maximum Gasteiger partial charge on any atom is 0.0484 e. The lowest BCUT2D eigenvalue weighted by Crippen LogP contribution is -2.30. The molecule has 0 aromatic heterocycles. The van der Waals surface area contributed by atoms with E-state index in [-0.39, 0.29) is 0 Å². The molecule has 0 saturated carbocycles. The first kappa shape index (κ1) is 13.8. The minimum absolute atomic E-state index is 0.413. The summed E-state index contributed by atoms with van der Waals surface area (Å²) < 4.78 is 0. The summed E-state index contributed by atoms with van der Waals surface area (Å²) >= 11 is 6.39. The monoisotopic (exact) mass is 307 g/mol. The molecule has 0 radical (unpaired) electrons. The second-order valence-electron chi connectivity index (χ2n) is 6.17. The van der Waals surface area contributed by atoms with Gasteiger partial charge in [0, 0.05) is 29.4 Å². The Morgan fingerprint density at radius 3 is 2.77 bits per heavy atom. The molecule has 0 aliphatic carbocycles. The number of likely N-dealkylation sites (N-methyl/N-ethyl adjacent to an activating group) is 1. The highest BCUT2D eigenvalue weighted by molar-refractivity contribution is 6.35. The van der Waals surface area contributed by atoms with E-state index in [0.717, 1.165) is 23.5 Å². The molecule has 1 nitrogen and oxygen atoms in total. The molecule has 1 heterocycles. The average Bonchev–Trinajstić information content (AvgIpc) is 2.54. The van der Waals surface area contributed by atoms with Gasteiger partial charge in [-0.3, -0.25) is 0 Å². The van der Waals surface area contributed by atoms with Crippen LogP contribution in [0.3, 0.4) is 0 Å². The first-order chi connectivity index (χ1) is 10.7. The van der Waals surface area contributed by atoms with Crippen LogP contribution in [0.1, 0.15) is 22.6 Å². The summed E-state index contributed by atoms with van der Waals surface area (Å²) in [6, 6.07) is 21.6. The quantitative estimate of drug-likeness (QED) is 0.606. The average molecular weight is 308 g/mol. The summed E-state index contributed by atoms with van der Waals surface area (Å²) in [5, 5.41) is 3.18. The van der Waals surface area contributed by atoms with Crippen LogP contribution in [0.15, 0.2) is 60.7 Å². The largest absolute Gasteiger partial charge is 0.301 e. The van der Waals surface area contributed by atoms with Gasteiger partial charge in [0.05, 0.1) is 0 Å². The number of benzene rings is 3. The molecule has 1 unspecified atom stereocenters. The number of nitrogens with zero attached hydrogens (tertiary/aromatic N) is 1. The van der Waals surface area contributed by atoms with Crippen LogP contribution in [0.25, 0.3) is 10.8 Å². The van der Waals surface area contributed by atoms with Crippen molar-refractivity contribution in [2.45, 2.75) is 12.5 Å². The van der Waals surface area contributed by atoms with E-state index in [9.17, 15) is 0 Å². The van der Waals surface area contributed by atoms with E-state index in [4.69, 9.17) is 11.6 Å². The van der Waals surface area contributed by atoms with Crippen LogP contribution in [-0.4, -0.2) is 18.5 Å². The van der Waals surface area contributed by atoms with Gasteiger partial charge in [0.2, 0.25) is 0 Å². The molecule has 0 fully saturated rings. The fourth-order valence-corrected chi connectivity index (χ4v) is 3.77. The Bertz CT molecular complexity index is 840. The normalized spacial score (nSPS) is 18.4. The zero-order chi connectivity index (χ0) is 15.1. The molecule has 1 aliphatic rings. The lowest BCUT2D eigenvalue weighted by atomic mass is 9.84. The van der Waals surface area contributed by atoms with Gasteiger partial charge in [-0.25, -0.2) is 0 Å². The predicted octanol–water partition coefficient (Wildman–Crippen LogP) is 5.07. The number of hydrogen-bond acceptors (Lipinski definition) is 1. The topological polar surface area (TPSA) is 3.24 Å². The van der Waals surface area contributed by atoms with Gasteiger partial charge >= 0.3 is 0 Å². The molecule has 22 heavy (non-hydrogen) atoms. The molecule has 3 aromatic rings. The smallest absolute Gasteiger partial charge is 0.0484 e. The maximum atomic E-state index is 6.39. The van der Waals surface area contributed by atoms with Gasteiger partial charge in [-0.15, -0.1) is 0 Å². The van der Waals surface area contributed by atoms with Crippen LogP contribution in [-0.2, 0) is 6.54 Å². The summed E-state index contributed by atoms with van der Waals surface area (Å²) in [6.45, 7) is 2.08. The molecule has 110 valence electrons. The SMILES string of the molecule is CN1Cc2ccccc2C(c2ccc3cccc(Cl)c3c2)C1. The summed E-state index contributed by atoms with van der Waals surface area (Å²) in [6.07, 6.45) is 0. The van der Waals surface area contributed by atoms with E-state index in [1.165, 1.54) is 22.1 Å². The van der Waals surface area contributed by atoms with Crippen molar-refractivity contribution < 1.29 is 0 Å². The third-order valence-corrected chi connectivity index (χ3v) is 4.95. The van der Waals surface area contributed by atoms with Crippen molar-refractivity contribution in [2.75, 3.05) is 13.6 Å². The van der Waals surface area contributed by atoms with Crippen molar-refractivity contribution in [1.29, 1.82) is 0 Å². The lowest BCUT2D eigenvalue weighted by molar-refractivity contribution is 0.295. The lowest BCUT2D eigenvalue weighted by Gasteiger charge is -2.32. The van der Waals surface area contributed by atoms with Gasteiger partial charge in [-0.1, -0.05) is 60.1 Å². The predicted molar refractivity (Wildman–Crippen MR) is 93.6 cm³/mol. The fourth-order valence-electron chi connectivity index (χ4n) is 3.54. The number of rotatable bonds is 1. The maximum absolute atomic E-state index is 6.39. The molecule has 1 aliphatic heterocycles. The minimum atomic E-state index is 0.413. The Morgan fingerprint density at radius 1 is 1.00 bits per heavy atom. The number of fused-ring (bicyclic) bond motifs is 2. The van der Waals surface area contributed by atoms with Crippen LogP contribution in [0.4, 0.5) is 0 Å². The van der Waals surface area contributed by atoms with Crippen LogP contribution in [0, 0.1) is 0 Å². The summed E-state index contributed by atoms with van der Waals surface area (Å²) in [5.74, 6) is 0.413. The second kappa shape index (κ2) is 5.42. The van der Waals surface area contributed by atoms with Crippen molar-refractivity contribution in [1.82, 2.24) is 4.90 Å². The third kappa shape index (κ3) is 2.31. The van der Waals surface area contributed by atoms with Gasteiger partial charge < -0.3 is 4.90 Å². The number of halogens is 1. The minimum Gasteiger partial charge on any atom is -0.301 e. The van der Waals surface area contributed by atoms with Crippen molar-refractivity contribution in [3.8, 4) is 0 Å². The van der Waals surface area contributed by atoms with E-state index in [1.807, 2.05) is 12.1 Å². The Labute approximate surface area is 136 Å². The van der Waals surface area contributed by atoms with E-state index in [2.05, 4.69) is 60.5 Å². The summed E-state index contributed by atoms with van der Waals surface area (Å²) in [4.78, 5) is 2.39. The van der Waals surface area contributed by atoms with E-state index >= 15 is 0 Å². The van der Waals surface area contributed by atoms with Gasteiger partial charge in [-0.2, -0.15) is 0 Å². The van der Waals surface area contributed by atoms with Gasteiger partial charge in [0.15, 0.2) is 0 Å². The Hall–Kier alpha value is -1.83. The first-order valence-electron chi connectivity index (χ1n) is 7.67. The first-order valence-corrected chi connectivity index (χ1v) is 8.05. The zero-order valence-corrected chi connectivity index (χ0v) is 13.3. The molecular weight excluding hydrogens is 290 g/mol. The van der Waals surface area contributed by atoms with Gasteiger partial charge in [0.25, 0.3) is 0 Å². The fraction of sp³-hybridized carbons (Fsp3) is 0.200. The molecule has 3 aromatic carbocycles. The molecule has 0 spiro atoms. The van der Waals surface area contributed by atoms with Gasteiger partial charge in [0.1, 0.15) is 0 Å². The Kier molecular flexibility index (Phi) is 3.40. The van der Waals surface area contributed by atoms with Crippen LogP contribution < -0.4 is 0 Å². The highest BCUT2D eigenvalue weighted by atomic mass is 35.5. The highest BCUT2D eigenvalue weighted by Crippen LogP contribution is 2.35. The van der Waals surface area contributed by atoms with Crippen molar-refractivity contribution in [3.63, 3.8) is 0 Å². The molecule has 0 N–H and O–H groups in total. The zero-order valence-electron chi connectivity index (χ0n) is 12.6. The molecule has 1 atom stereocenters. The molecule has 0 amide bonds. The van der Waals surface area contributed by atoms with Crippen LogP contribution in [0.5, 0.6) is 0 Å². The standard InChI is InChI=1S/C20H18ClN/c1-22-12-16-5-2-3-7-17(16)19(13-22)15-10-9-14-6-4-8-20(21)18(14)11-15/h2-11,19H,12-13H2,1H3. The number of hydrogen-bond donors (Lipinski definition) is 0. The Balaban J connectivity index is 1.87. The van der Waals surface area contributed by atoms with Crippen molar-refractivity contribution in [2.24, 2.45) is 0 Å². The van der Waals surface area contributed by atoms with E-state index in [1.54, 1.807) is 0 Å². The molecule has 2 heteroatoms. The van der Waals surface area contributed by atoms with Crippen molar-refractivity contribution in [3.05, 3.63) is 82.4 Å². The molecule has 4 rings (SSSR count). The van der Waals surface area contributed by atoms with E-state index in [0.29, 0.717) is 5.92 Å². The van der Waals surface area contributed by atoms with Crippen molar-refractivity contribution >= 4 is 22.4 Å². The second-order valence-corrected chi connectivity index (χ2v) is 6.58. The van der Waals surface area contributed by atoms with Crippen LogP contribution in [0.2, 0.25) is 5.02 Å². The summed E-state index contributed by atoms with van der Waals surface area (Å²) in [5.41, 5.74) is 4.23. The molecule has 0 saturated heterocycles. The third-order valence-electron chi connectivity index (χ3n) is 4.62. The van der Waals surface area contributed by atoms with Gasteiger partial charge in [-0.05, 0) is 41.3 Å². The van der Waals surface area contributed by atoms with E-state index < -0.39 is 0 Å². The highest BCUT2D eigenvalue weighted by Gasteiger charge is 2.24.